The van der Waals surface area contributed by atoms with Crippen LogP contribution in [-0.2, 0) is 4.79 Å². The monoisotopic (exact) mass is 168 g/mol. The molecular formula is C9H16N2O. The van der Waals surface area contributed by atoms with Crippen LogP contribution >= 0.6 is 0 Å². The first-order chi connectivity index (χ1) is 5.81. The minimum Gasteiger partial charge on any atom is -0.351 e. The third kappa shape index (κ3) is 1.46. The Hall–Kier alpha value is -0.570. The molecule has 3 heteroatoms. The molecule has 2 fully saturated rings. The maximum atomic E-state index is 11.4. The van der Waals surface area contributed by atoms with Crippen LogP contribution in [0.5, 0.6) is 0 Å². The van der Waals surface area contributed by atoms with Gasteiger partial charge in [-0.05, 0) is 12.3 Å². The second-order valence-electron chi connectivity index (χ2n) is 3.87. The van der Waals surface area contributed by atoms with Gasteiger partial charge in [-0.25, -0.2) is 0 Å². The van der Waals surface area contributed by atoms with E-state index in [0.29, 0.717) is 17.9 Å². The van der Waals surface area contributed by atoms with Crippen molar-refractivity contribution in [2.45, 2.75) is 25.8 Å². The summed E-state index contributed by atoms with van der Waals surface area (Å²) in [4.78, 5) is 11.4. The number of amides is 1. The molecule has 68 valence electrons. The average molecular weight is 168 g/mol. The number of carbonyl (C=O) groups is 1. The molecule has 1 saturated heterocycles. The molecule has 1 heterocycles. The molecule has 2 rings (SSSR count). The molecule has 2 unspecified atom stereocenters. The predicted molar refractivity (Wildman–Crippen MR) is 46.7 cm³/mol. The summed E-state index contributed by atoms with van der Waals surface area (Å²) >= 11 is 0. The Morgan fingerprint density at radius 3 is 2.75 bits per heavy atom. The van der Waals surface area contributed by atoms with Gasteiger partial charge in [0.05, 0.1) is 6.04 Å². The Morgan fingerprint density at radius 1 is 1.58 bits per heavy atom. The summed E-state index contributed by atoms with van der Waals surface area (Å²) in [5, 5.41) is 6.18. The molecule has 3 nitrogen and oxygen atoms in total. The van der Waals surface area contributed by atoms with Gasteiger partial charge in [0.25, 0.3) is 0 Å². The first-order valence-electron chi connectivity index (χ1n) is 4.82. The Morgan fingerprint density at radius 2 is 2.33 bits per heavy atom. The van der Waals surface area contributed by atoms with E-state index in [-0.39, 0.29) is 5.91 Å². The zero-order chi connectivity index (χ0) is 8.55. The summed E-state index contributed by atoms with van der Waals surface area (Å²) < 4.78 is 0. The maximum absolute atomic E-state index is 11.4. The Bertz CT molecular complexity index is 189. The second kappa shape index (κ2) is 3.05. The van der Waals surface area contributed by atoms with Gasteiger partial charge in [-0.2, -0.15) is 0 Å². The lowest BCUT2D eigenvalue weighted by Gasteiger charge is -2.28. The molecule has 0 bridgehead atoms. The van der Waals surface area contributed by atoms with Crippen molar-refractivity contribution in [1.82, 2.24) is 10.6 Å². The molecule has 2 aliphatic rings. The summed E-state index contributed by atoms with van der Waals surface area (Å²) in [5.41, 5.74) is 0. The van der Waals surface area contributed by atoms with Crippen LogP contribution < -0.4 is 10.6 Å². The van der Waals surface area contributed by atoms with Crippen LogP contribution in [0.15, 0.2) is 0 Å². The largest absolute Gasteiger partial charge is 0.351 e. The van der Waals surface area contributed by atoms with Gasteiger partial charge in [0.2, 0.25) is 5.91 Å². The van der Waals surface area contributed by atoms with E-state index in [9.17, 15) is 4.79 Å². The van der Waals surface area contributed by atoms with E-state index in [0.717, 1.165) is 25.9 Å². The average Bonchev–Trinajstić information content (AvgIpc) is 2.74. The van der Waals surface area contributed by atoms with Gasteiger partial charge < -0.3 is 10.6 Å². The van der Waals surface area contributed by atoms with Crippen LogP contribution in [0.1, 0.15) is 19.8 Å². The van der Waals surface area contributed by atoms with Crippen molar-refractivity contribution < 1.29 is 4.79 Å². The van der Waals surface area contributed by atoms with Gasteiger partial charge in [0, 0.05) is 19.0 Å². The van der Waals surface area contributed by atoms with Crippen LogP contribution in [0.4, 0.5) is 0 Å². The van der Waals surface area contributed by atoms with Crippen molar-refractivity contribution >= 4 is 5.91 Å². The number of nitrogens with one attached hydrogen (secondary N) is 2. The number of hydrogen-bond acceptors (Lipinski definition) is 2. The molecule has 0 spiro atoms. The van der Waals surface area contributed by atoms with Crippen LogP contribution in [0.3, 0.4) is 0 Å². The van der Waals surface area contributed by atoms with Crippen LogP contribution in [0.2, 0.25) is 0 Å². The van der Waals surface area contributed by atoms with Gasteiger partial charge in [0.1, 0.15) is 0 Å². The summed E-state index contributed by atoms with van der Waals surface area (Å²) in [7, 11) is 0. The summed E-state index contributed by atoms with van der Waals surface area (Å²) in [5.74, 6) is 1.31. The van der Waals surface area contributed by atoms with Crippen molar-refractivity contribution in [1.29, 1.82) is 0 Å². The first-order valence-corrected chi connectivity index (χ1v) is 4.82. The quantitative estimate of drug-likeness (QED) is 0.628. The van der Waals surface area contributed by atoms with Gasteiger partial charge in [0.15, 0.2) is 0 Å². The minimum absolute atomic E-state index is 0.286. The fourth-order valence-corrected chi connectivity index (χ4v) is 1.72. The lowest BCUT2D eigenvalue weighted by molar-refractivity contribution is -0.123. The lowest BCUT2D eigenvalue weighted by Crippen LogP contribution is -2.57. The zero-order valence-electron chi connectivity index (χ0n) is 7.47. The van der Waals surface area contributed by atoms with E-state index in [1.54, 1.807) is 0 Å². The van der Waals surface area contributed by atoms with Gasteiger partial charge in [-0.15, -0.1) is 0 Å². The van der Waals surface area contributed by atoms with E-state index < -0.39 is 0 Å². The van der Waals surface area contributed by atoms with E-state index in [4.69, 9.17) is 0 Å². The molecule has 2 N–H and O–H groups in total. The third-order valence-electron chi connectivity index (χ3n) is 2.91. The van der Waals surface area contributed by atoms with Crippen molar-refractivity contribution in [3.8, 4) is 0 Å². The molecule has 0 aromatic heterocycles. The molecule has 12 heavy (non-hydrogen) atoms. The first kappa shape index (κ1) is 8.05. The van der Waals surface area contributed by atoms with Crippen molar-refractivity contribution in [2.24, 2.45) is 11.8 Å². The second-order valence-corrected chi connectivity index (χ2v) is 3.87. The van der Waals surface area contributed by atoms with Gasteiger partial charge in [-0.1, -0.05) is 13.3 Å². The number of hydrogen-bond donors (Lipinski definition) is 2. The van der Waals surface area contributed by atoms with Crippen LogP contribution in [0.25, 0.3) is 0 Å². The summed E-state index contributed by atoms with van der Waals surface area (Å²) in [6.45, 7) is 4.06. The highest BCUT2D eigenvalue weighted by atomic mass is 16.2. The molecule has 0 radical (unpaired) electrons. The number of carbonyl (C=O) groups excluding carboxylic acids is 1. The topological polar surface area (TPSA) is 41.1 Å². The molecule has 1 aliphatic carbocycles. The van der Waals surface area contributed by atoms with E-state index >= 15 is 0 Å². The Kier molecular flexibility index (Phi) is 2.05. The SMILES string of the molecule is CCC1CC1C(=O)NC1CNC1. The van der Waals surface area contributed by atoms with Crippen molar-refractivity contribution in [2.75, 3.05) is 13.1 Å². The number of rotatable bonds is 3. The Labute approximate surface area is 72.9 Å². The Balaban J connectivity index is 1.71. The normalized spacial score (nSPS) is 34.1. The van der Waals surface area contributed by atoms with Crippen LogP contribution in [-0.4, -0.2) is 25.0 Å². The van der Waals surface area contributed by atoms with Gasteiger partial charge in [-0.3, -0.25) is 4.79 Å². The fourth-order valence-electron chi connectivity index (χ4n) is 1.72. The highest BCUT2D eigenvalue weighted by molar-refractivity contribution is 5.81. The van der Waals surface area contributed by atoms with Crippen LogP contribution in [0, 0.1) is 11.8 Å². The third-order valence-corrected chi connectivity index (χ3v) is 2.91. The van der Waals surface area contributed by atoms with E-state index in [1.165, 1.54) is 0 Å². The molecule has 1 aliphatic heterocycles. The summed E-state index contributed by atoms with van der Waals surface area (Å²) in [6, 6.07) is 0.413. The highest BCUT2D eigenvalue weighted by Gasteiger charge is 2.42. The summed E-state index contributed by atoms with van der Waals surface area (Å²) in [6.07, 6.45) is 2.27. The predicted octanol–water partition coefficient (Wildman–Crippen LogP) is 0.120. The minimum atomic E-state index is 0.286. The van der Waals surface area contributed by atoms with E-state index in [1.807, 2.05) is 0 Å². The van der Waals surface area contributed by atoms with Gasteiger partial charge >= 0.3 is 0 Å². The molecular weight excluding hydrogens is 152 g/mol. The van der Waals surface area contributed by atoms with Crippen molar-refractivity contribution in [3.63, 3.8) is 0 Å². The fraction of sp³-hybridized carbons (Fsp3) is 0.889. The molecule has 1 saturated carbocycles. The maximum Gasteiger partial charge on any atom is 0.223 e. The zero-order valence-corrected chi connectivity index (χ0v) is 7.47. The van der Waals surface area contributed by atoms with E-state index in [2.05, 4.69) is 17.6 Å². The smallest absolute Gasteiger partial charge is 0.223 e. The molecule has 0 aromatic rings. The lowest BCUT2D eigenvalue weighted by atomic mass is 10.1. The molecule has 0 aromatic carbocycles. The highest BCUT2D eigenvalue weighted by Crippen LogP contribution is 2.41. The molecule has 2 atom stereocenters. The molecule has 1 amide bonds. The van der Waals surface area contributed by atoms with Crippen molar-refractivity contribution in [3.05, 3.63) is 0 Å². The standard InChI is InChI=1S/C9H16N2O/c1-2-6-3-8(6)9(12)11-7-4-10-5-7/h6-8,10H,2-5H2,1H3,(H,11,12).